The summed E-state index contributed by atoms with van der Waals surface area (Å²) in [7, 11) is 0. The smallest absolute Gasteiger partial charge is 0.310 e. The van der Waals surface area contributed by atoms with Crippen molar-refractivity contribution in [3.05, 3.63) is 23.8 Å². The van der Waals surface area contributed by atoms with Crippen LogP contribution in [0, 0.1) is 5.92 Å². The molecule has 0 amide bonds. The summed E-state index contributed by atoms with van der Waals surface area (Å²) in [6.45, 7) is 7.03. The number of fused-ring (bicyclic) bond motifs is 1. The predicted octanol–water partition coefficient (Wildman–Crippen LogP) is 2.09. The molecule has 0 aliphatic carbocycles. The Morgan fingerprint density at radius 1 is 1.35 bits per heavy atom. The number of carbonyl (C=O) groups is 1. The van der Waals surface area contributed by atoms with Gasteiger partial charge in [0.05, 0.1) is 12.5 Å². The molecule has 1 aromatic rings. The lowest BCUT2D eigenvalue weighted by atomic mass is 10.0. The Labute approximate surface area is 119 Å². The molecule has 0 bridgehead atoms. The van der Waals surface area contributed by atoms with Crippen molar-refractivity contribution in [2.45, 2.75) is 33.4 Å². The quantitative estimate of drug-likeness (QED) is 0.808. The number of hydrogen-bond donors (Lipinski definition) is 1. The van der Waals surface area contributed by atoms with Gasteiger partial charge in [0.1, 0.15) is 0 Å². The minimum Gasteiger partial charge on any atom is -0.466 e. The minimum absolute atomic E-state index is 0.0412. The molecule has 5 heteroatoms. The molecule has 1 aromatic carbocycles. The molecule has 0 aromatic heterocycles. The minimum atomic E-state index is -0.177. The van der Waals surface area contributed by atoms with Gasteiger partial charge in [-0.1, -0.05) is 13.0 Å². The first-order valence-electron chi connectivity index (χ1n) is 6.90. The van der Waals surface area contributed by atoms with Crippen molar-refractivity contribution in [2.24, 2.45) is 5.92 Å². The summed E-state index contributed by atoms with van der Waals surface area (Å²) in [5.41, 5.74) is 1.09. The Morgan fingerprint density at radius 3 is 2.85 bits per heavy atom. The predicted molar refractivity (Wildman–Crippen MR) is 74.7 cm³/mol. The Bertz CT molecular complexity index is 475. The fraction of sp³-hybridized carbons (Fsp3) is 0.533. The Hall–Kier alpha value is -1.75. The van der Waals surface area contributed by atoms with Crippen molar-refractivity contribution in [2.75, 3.05) is 13.4 Å². The summed E-state index contributed by atoms with van der Waals surface area (Å²) >= 11 is 0. The van der Waals surface area contributed by atoms with Crippen LogP contribution in [0.3, 0.4) is 0 Å². The van der Waals surface area contributed by atoms with Gasteiger partial charge in [-0.3, -0.25) is 4.79 Å². The van der Waals surface area contributed by atoms with E-state index in [-0.39, 0.29) is 24.7 Å². The lowest BCUT2D eigenvalue weighted by Gasteiger charge is -2.20. The fourth-order valence-electron chi connectivity index (χ4n) is 1.98. The second-order valence-corrected chi connectivity index (χ2v) is 4.90. The molecule has 0 fully saturated rings. The molecule has 0 radical (unpaired) electrons. The van der Waals surface area contributed by atoms with Gasteiger partial charge in [0.2, 0.25) is 6.79 Å². The van der Waals surface area contributed by atoms with Gasteiger partial charge >= 0.3 is 5.97 Å². The second kappa shape index (κ2) is 6.61. The average molecular weight is 279 g/mol. The van der Waals surface area contributed by atoms with Gasteiger partial charge < -0.3 is 19.5 Å². The van der Waals surface area contributed by atoms with Crippen molar-refractivity contribution < 1.29 is 19.0 Å². The van der Waals surface area contributed by atoms with Crippen LogP contribution in [0.5, 0.6) is 11.5 Å². The molecule has 1 aliphatic rings. The van der Waals surface area contributed by atoms with Crippen LogP contribution in [0.25, 0.3) is 0 Å². The molecule has 1 N–H and O–H groups in total. The van der Waals surface area contributed by atoms with Gasteiger partial charge in [-0.2, -0.15) is 0 Å². The molecular formula is C15H21NO4. The van der Waals surface area contributed by atoms with Gasteiger partial charge in [0.15, 0.2) is 11.5 Å². The van der Waals surface area contributed by atoms with E-state index >= 15 is 0 Å². The summed E-state index contributed by atoms with van der Waals surface area (Å²) < 4.78 is 15.6. The molecule has 2 rings (SSSR count). The first-order valence-corrected chi connectivity index (χ1v) is 6.90. The number of hydrogen-bond acceptors (Lipinski definition) is 5. The van der Waals surface area contributed by atoms with E-state index in [2.05, 4.69) is 5.32 Å². The van der Waals surface area contributed by atoms with Crippen LogP contribution in [0.2, 0.25) is 0 Å². The number of rotatable bonds is 6. The third kappa shape index (κ3) is 3.42. The molecule has 1 heterocycles. The van der Waals surface area contributed by atoms with E-state index in [4.69, 9.17) is 14.2 Å². The van der Waals surface area contributed by atoms with Crippen LogP contribution in [0.15, 0.2) is 18.2 Å². The molecule has 2 unspecified atom stereocenters. The lowest BCUT2D eigenvalue weighted by Crippen LogP contribution is -2.36. The Kier molecular flexibility index (Phi) is 4.84. The van der Waals surface area contributed by atoms with Crippen LogP contribution in [0.1, 0.15) is 26.3 Å². The highest BCUT2D eigenvalue weighted by atomic mass is 16.7. The van der Waals surface area contributed by atoms with Crippen molar-refractivity contribution >= 4 is 5.97 Å². The SMILES string of the molecule is CCOC(=O)C(C)C(C)NCc1ccc2c(c1)OCO2. The van der Waals surface area contributed by atoms with Crippen LogP contribution in [-0.2, 0) is 16.1 Å². The molecule has 1 aliphatic heterocycles. The largest absolute Gasteiger partial charge is 0.466 e. The zero-order valence-electron chi connectivity index (χ0n) is 12.1. The Balaban J connectivity index is 1.87. The van der Waals surface area contributed by atoms with Crippen molar-refractivity contribution in [3.63, 3.8) is 0 Å². The first kappa shape index (κ1) is 14.7. The summed E-state index contributed by atoms with van der Waals surface area (Å²) in [6, 6.07) is 5.89. The van der Waals surface area contributed by atoms with E-state index in [1.165, 1.54) is 0 Å². The standard InChI is InChI=1S/C15H21NO4/c1-4-18-15(17)10(2)11(3)16-8-12-5-6-13-14(7-12)20-9-19-13/h5-7,10-11,16H,4,8-9H2,1-3H3. The van der Waals surface area contributed by atoms with Crippen LogP contribution < -0.4 is 14.8 Å². The highest BCUT2D eigenvalue weighted by Gasteiger charge is 2.21. The van der Waals surface area contributed by atoms with Crippen LogP contribution in [-0.4, -0.2) is 25.4 Å². The topological polar surface area (TPSA) is 56.8 Å². The highest BCUT2D eigenvalue weighted by Crippen LogP contribution is 2.32. The molecule has 110 valence electrons. The molecular weight excluding hydrogens is 258 g/mol. The van der Waals surface area contributed by atoms with Gasteiger partial charge in [0, 0.05) is 12.6 Å². The van der Waals surface area contributed by atoms with Crippen molar-refractivity contribution in [1.82, 2.24) is 5.32 Å². The number of ether oxygens (including phenoxy) is 3. The molecule has 0 saturated heterocycles. The third-order valence-corrected chi connectivity index (χ3v) is 3.47. The zero-order chi connectivity index (χ0) is 14.5. The van der Waals surface area contributed by atoms with E-state index < -0.39 is 0 Å². The number of nitrogens with one attached hydrogen (secondary N) is 1. The summed E-state index contributed by atoms with van der Waals surface area (Å²) in [5, 5.41) is 3.33. The third-order valence-electron chi connectivity index (χ3n) is 3.47. The molecule has 2 atom stereocenters. The van der Waals surface area contributed by atoms with E-state index in [0.29, 0.717) is 13.2 Å². The summed E-state index contributed by atoms with van der Waals surface area (Å²) in [5.74, 6) is 1.21. The number of carbonyl (C=O) groups excluding carboxylic acids is 1. The molecule has 0 saturated carbocycles. The van der Waals surface area contributed by atoms with Gasteiger partial charge in [-0.05, 0) is 31.5 Å². The molecule has 20 heavy (non-hydrogen) atoms. The summed E-state index contributed by atoms with van der Waals surface area (Å²) in [4.78, 5) is 11.7. The van der Waals surface area contributed by atoms with Crippen LogP contribution >= 0.6 is 0 Å². The zero-order valence-corrected chi connectivity index (χ0v) is 12.1. The number of esters is 1. The lowest BCUT2D eigenvalue weighted by molar-refractivity contribution is -0.148. The maximum Gasteiger partial charge on any atom is 0.310 e. The second-order valence-electron chi connectivity index (χ2n) is 4.90. The maximum absolute atomic E-state index is 11.7. The van der Waals surface area contributed by atoms with Crippen LogP contribution in [0.4, 0.5) is 0 Å². The van der Waals surface area contributed by atoms with E-state index in [1.807, 2.05) is 39.0 Å². The molecule has 5 nitrogen and oxygen atoms in total. The first-order chi connectivity index (χ1) is 9.61. The van der Waals surface area contributed by atoms with Crippen molar-refractivity contribution in [1.29, 1.82) is 0 Å². The van der Waals surface area contributed by atoms with Gasteiger partial charge in [0.25, 0.3) is 0 Å². The number of benzene rings is 1. The fourth-order valence-corrected chi connectivity index (χ4v) is 1.98. The monoisotopic (exact) mass is 279 g/mol. The van der Waals surface area contributed by atoms with E-state index in [1.54, 1.807) is 0 Å². The van der Waals surface area contributed by atoms with Gasteiger partial charge in [-0.15, -0.1) is 0 Å². The average Bonchev–Trinajstić information content (AvgIpc) is 2.91. The normalized spacial score (nSPS) is 15.8. The van der Waals surface area contributed by atoms with E-state index in [9.17, 15) is 4.79 Å². The Morgan fingerprint density at radius 2 is 2.10 bits per heavy atom. The van der Waals surface area contributed by atoms with Gasteiger partial charge in [-0.25, -0.2) is 0 Å². The van der Waals surface area contributed by atoms with Crippen molar-refractivity contribution in [3.8, 4) is 11.5 Å². The summed E-state index contributed by atoms with van der Waals surface area (Å²) in [6.07, 6.45) is 0. The maximum atomic E-state index is 11.7. The highest BCUT2D eigenvalue weighted by molar-refractivity contribution is 5.72. The van der Waals surface area contributed by atoms with E-state index in [0.717, 1.165) is 17.1 Å². The molecule has 0 spiro atoms.